The van der Waals surface area contributed by atoms with Gasteiger partial charge in [-0.3, -0.25) is 9.48 Å². The van der Waals surface area contributed by atoms with E-state index < -0.39 is 10.0 Å². The van der Waals surface area contributed by atoms with Gasteiger partial charge in [0.1, 0.15) is 6.54 Å². The topological polar surface area (TPSA) is 84.7 Å². The lowest BCUT2D eigenvalue weighted by atomic mass is 10.0. The van der Waals surface area contributed by atoms with Crippen LogP contribution in [0.2, 0.25) is 0 Å². The smallest absolute Gasteiger partial charge is 0.244 e. The number of ether oxygens (including phenoxy) is 1. The average molecular weight is 399 g/mol. The highest BCUT2D eigenvalue weighted by Gasteiger charge is 2.37. The maximum Gasteiger partial charge on any atom is 0.244 e. The van der Waals surface area contributed by atoms with E-state index in [4.69, 9.17) is 4.74 Å². The maximum atomic E-state index is 12.8. The molecule has 8 nitrogen and oxygen atoms in total. The van der Waals surface area contributed by atoms with Gasteiger partial charge in [-0.15, -0.1) is 0 Å². The molecule has 3 heterocycles. The highest BCUT2D eigenvalue weighted by atomic mass is 32.2. The minimum absolute atomic E-state index is 0.00803. The first-order chi connectivity index (χ1) is 12.8. The number of amides is 1. The van der Waals surface area contributed by atoms with Crippen LogP contribution >= 0.6 is 0 Å². The molecule has 27 heavy (non-hydrogen) atoms. The van der Waals surface area contributed by atoms with E-state index in [1.165, 1.54) is 6.26 Å². The van der Waals surface area contributed by atoms with Crippen molar-refractivity contribution >= 4 is 15.9 Å². The summed E-state index contributed by atoms with van der Waals surface area (Å²) in [7, 11) is -3.35. The second kappa shape index (κ2) is 8.28. The number of rotatable bonds is 5. The molecule has 1 aromatic rings. The predicted molar refractivity (Wildman–Crippen MR) is 102 cm³/mol. The molecule has 3 rings (SSSR count). The van der Waals surface area contributed by atoms with Crippen molar-refractivity contribution < 1.29 is 17.9 Å². The number of piperidine rings is 1. The monoisotopic (exact) mass is 398 g/mol. The van der Waals surface area contributed by atoms with Crippen LogP contribution in [-0.4, -0.2) is 78.0 Å². The van der Waals surface area contributed by atoms with E-state index in [0.29, 0.717) is 39.1 Å². The molecule has 2 aliphatic rings. The number of hydrogen-bond donors (Lipinski definition) is 0. The van der Waals surface area contributed by atoms with Gasteiger partial charge in [0.15, 0.2) is 0 Å². The molecule has 0 spiro atoms. The lowest BCUT2D eigenvalue weighted by molar-refractivity contribution is -0.134. The Kier molecular flexibility index (Phi) is 6.22. The number of hydrogen-bond acceptors (Lipinski definition) is 5. The second-order valence-corrected chi connectivity index (χ2v) is 9.54. The summed E-state index contributed by atoms with van der Waals surface area (Å²) in [5.74, 6) is -0.00803. The molecule has 152 valence electrons. The van der Waals surface area contributed by atoms with Crippen LogP contribution in [0.4, 0.5) is 0 Å². The van der Waals surface area contributed by atoms with Crippen molar-refractivity contribution in [2.75, 3.05) is 32.6 Å². The third kappa shape index (κ3) is 4.89. The highest BCUT2D eigenvalue weighted by Crippen LogP contribution is 2.26. The Morgan fingerprint density at radius 2 is 1.96 bits per heavy atom. The first-order valence-electron chi connectivity index (χ1n) is 9.61. The Morgan fingerprint density at radius 1 is 1.26 bits per heavy atom. The summed E-state index contributed by atoms with van der Waals surface area (Å²) in [6.45, 7) is 6.32. The lowest BCUT2D eigenvalue weighted by Crippen LogP contribution is -2.56. The predicted octanol–water partition coefficient (Wildman–Crippen LogP) is 0.932. The van der Waals surface area contributed by atoms with Gasteiger partial charge in [0.05, 0.1) is 11.9 Å². The van der Waals surface area contributed by atoms with Gasteiger partial charge in [-0.1, -0.05) is 0 Å². The second-order valence-electron chi connectivity index (χ2n) is 7.66. The Morgan fingerprint density at radius 3 is 2.56 bits per heavy atom. The van der Waals surface area contributed by atoms with Gasteiger partial charge < -0.3 is 9.64 Å². The third-order valence-corrected chi connectivity index (χ3v) is 6.79. The largest absolute Gasteiger partial charge is 0.381 e. The lowest BCUT2D eigenvalue weighted by Gasteiger charge is -2.42. The zero-order valence-corrected chi connectivity index (χ0v) is 17.2. The number of sulfonamides is 1. The molecule has 1 unspecified atom stereocenters. The van der Waals surface area contributed by atoms with Crippen LogP contribution in [-0.2, 0) is 26.1 Å². The van der Waals surface area contributed by atoms with E-state index in [-0.39, 0.29) is 24.5 Å². The van der Waals surface area contributed by atoms with Crippen molar-refractivity contribution in [2.45, 2.75) is 58.2 Å². The van der Waals surface area contributed by atoms with E-state index >= 15 is 0 Å². The Hall–Kier alpha value is -1.45. The summed E-state index contributed by atoms with van der Waals surface area (Å²) < 4.78 is 33.8. The molecule has 0 radical (unpaired) electrons. The van der Waals surface area contributed by atoms with Crippen LogP contribution in [0.3, 0.4) is 0 Å². The molecule has 0 aliphatic carbocycles. The molecule has 2 fully saturated rings. The Balaban J connectivity index is 1.71. The van der Waals surface area contributed by atoms with Gasteiger partial charge in [-0.05, 0) is 45.6 Å². The summed E-state index contributed by atoms with van der Waals surface area (Å²) >= 11 is 0. The molecule has 0 bridgehead atoms. The molecule has 0 aromatic carbocycles. The number of aromatic nitrogens is 2. The van der Waals surface area contributed by atoms with Gasteiger partial charge in [0, 0.05) is 44.1 Å². The maximum absolute atomic E-state index is 12.8. The van der Waals surface area contributed by atoms with Crippen LogP contribution in [0.1, 0.15) is 37.1 Å². The van der Waals surface area contributed by atoms with E-state index in [2.05, 4.69) is 5.10 Å². The zero-order valence-electron chi connectivity index (χ0n) is 16.4. The number of aryl methyl sites for hydroxylation is 2. The van der Waals surface area contributed by atoms with E-state index in [0.717, 1.165) is 24.2 Å². The molecular formula is C18H30N4O4S. The van der Waals surface area contributed by atoms with Crippen molar-refractivity contribution in [1.82, 2.24) is 19.0 Å². The van der Waals surface area contributed by atoms with Crippen LogP contribution in [0, 0.1) is 13.8 Å². The molecule has 2 saturated heterocycles. The molecule has 1 amide bonds. The Labute approximate surface area is 161 Å². The zero-order chi connectivity index (χ0) is 19.6. The summed E-state index contributed by atoms with van der Waals surface area (Å²) in [6.07, 6.45) is 4.29. The van der Waals surface area contributed by atoms with E-state index in [1.807, 2.05) is 19.9 Å². The molecule has 9 heteroatoms. The summed E-state index contributed by atoms with van der Waals surface area (Å²) in [5, 5.41) is 4.36. The van der Waals surface area contributed by atoms with Crippen LogP contribution in [0.5, 0.6) is 0 Å². The highest BCUT2D eigenvalue weighted by molar-refractivity contribution is 7.88. The molecule has 2 aliphatic heterocycles. The fraction of sp³-hybridized carbons (Fsp3) is 0.778. The summed E-state index contributed by atoms with van der Waals surface area (Å²) in [4.78, 5) is 14.6. The van der Waals surface area contributed by atoms with Crippen molar-refractivity contribution in [1.29, 1.82) is 0 Å². The minimum atomic E-state index is -3.35. The standard InChI is InChI=1S/C18H30N4O4S/c1-14-11-15(2)21(19-14)13-18(23)20-8-4-5-17(12-20)22(27(3,24)25)16-6-9-26-10-7-16/h11,16-17H,4-10,12-13H2,1-3H3. The number of carbonyl (C=O) groups is 1. The quantitative estimate of drug-likeness (QED) is 0.737. The van der Waals surface area contributed by atoms with Crippen molar-refractivity contribution in [3.8, 4) is 0 Å². The number of carbonyl (C=O) groups excluding carboxylic acids is 1. The average Bonchev–Trinajstić information content (AvgIpc) is 2.92. The molecular weight excluding hydrogens is 368 g/mol. The Bertz CT molecular complexity index is 770. The SMILES string of the molecule is Cc1cc(C)n(CC(=O)N2CCCC(N(C3CCOCC3)S(C)(=O)=O)C2)n1. The van der Waals surface area contributed by atoms with Gasteiger partial charge in [0.2, 0.25) is 15.9 Å². The fourth-order valence-electron chi connectivity index (χ4n) is 4.23. The van der Waals surface area contributed by atoms with Crippen LogP contribution < -0.4 is 0 Å². The first-order valence-corrected chi connectivity index (χ1v) is 11.5. The van der Waals surface area contributed by atoms with E-state index in [9.17, 15) is 13.2 Å². The third-order valence-electron chi connectivity index (χ3n) is 5.43. The molecule has 0 saturated carbocycles. The fourth-order valence-corrected chi connectivity index (χ4v) is 5.70. The van der Waals surface area contributed by atoms with Gasteiger partial charge in [-0.25, -0.2) is 8.42 Å². The molecule has 0 N–H and O–H groups in total. The minimum Gasteiger partial charge on any atom is -0.381 e. The number of likely N-dealkylation sites (tertiary alicyclic amines) is 1. The summed E-state index contributed by atoms with van der Waals surface area (Å²) in [6, 6.07) is 1.74. The van der Waals surface area contributed by atoms with Crippen molar-refractivity contribution in [3.05, 3.63) is 17.5 Å². The normalized spacial score (nSPS) is 22.4. The van der Waals surface area contributed by atoms with Gasteiger partial charge in [-0.2, -0.15) is 9.40 Å². The molecule has 1 atom stereocenters. The van der Waals surface area contributed by atoms with E-state index in [1.54, 1.807) is 13.9 Å². The summed E-state index contributed by atoms with van der Waals surface area (Å²) in [5.41, 5.74) is 1.84. The van der Waals surface area contributed by atoms with Crippen molar-refractivity contribution in [3.63, 3.8) is 0 Å². The first kappa shape index (κ1) is 20.3. The van der Waals surface area contributed by atoms with Crippen LogP contribution in [0.25, 0.3) is 0 Å². The van der Waals surface area contributed by atoms with Crippen LogP contribution in [0.15, 0.2) is 6.07 Å². The van der Waals surface area contributed by atoms with Gasteiger partial charge >= 0.3 is 0 Å². The van der Waals surface area contributed by atoms with Gasteiger partial charge in [0.25, 0.3) is 0 Å². The van der Waals surface area contributed by atoms with Crippen molar-refractivity contribution in [2.24, 2.45) is 0 Å². The number of nitrogens with zero attached hydrogens (tertiary/aromatic N) is 4. The molecule has 1 aromatic heterocycles.